The molecule has 0 heterocycles. The van der Waals surface area contributed by atoms with Crippen LogP contribution in [0.15, 0.2) is 51.7 Å². The molecule has 1 aliphatic carbocycles. The number of hydrogen-bond acceptors (Lipinski definition) is 3. The molecular formula is C17H20N2O2S. The lowest BCUT2D eigenvalue weighted by molar-refractivity contribution is -0.0134. The van der Waals surface area contributed by atoms with Crippen molar-refractivity contribution in [3.05, 3.63) is 57.9 Å². The second-order valence-electron chi connectivity index (χ2n) is 4.75. The zero-order valence-electron chi connectivity index (χ0n) is 13.1. The number of thioether (sulfide) groups is 1. The number of benzene rings is 1. The lowest BCUT2D eigenvalue weighted by atomic mass is 10.1. The minimum atomic E-state index is 0.435. The molecule has 0 saturated heterocycles. The number of nitrogens with zero attached hydrogens (tertiary/aromatic N) is 2. The molecule has 1 aromatic rings. The molecule has 0 amide bonds. The second kappa shape index (κ2) is 7.87. The molecule has 0 atom stereocenters. The molecule has 2 rings (SSSR count). The Bertz CT molecular complexity index is 658. The molecule has 0 saturated carbocycles. The Hall–Kier alpha value is -1.97. The normalized spacial score (nSPS) is 14.5. The van der Waals surface area contributed by atoms with Gasteiger partial charge in [0.15, 0.2) is 0 Å². The van der Waals surface area contributed by atoms with E-state index in [1.165, 1.54) is 10.5 Å². The summed E-state index contributed by atoms with van der Waals surface area (Å²) < 4.78 is 11.3. The Kier molecular flexibility index (Phi) is 5.87. The van der Waals surface area contributed by atoms with Crippen molar-refractivity contribution < 1.29 is 14.3 Å². The highest BCUT2D eigenvalue weighted by molar-refractivity contribution is 8.03. The van der Waals surface area contributed by atoms with Crippen LogP contribution in [0.4, 0.5) is 0 Å². The molecule has 0 bridgehead atoms. The maximum absolute atomic E-state index is 9.18. The third-order valence-electron chi connectivity index (χ3n) is 3.20. The maximum atomic E-state index is 9.18. The Balaban J connectivity index is 2.39. The molecule has 0 unspecified atom stereocenters. The minimum Gasteiger partial charge on any atom is -0.496 e. The Morgan fingerprint density at radius 1 is 1.18 bits per heavy atom. The van der Waals surface area contributed by atoms with E-state index < -0.39 is 0 Å². The van der Waals surface area contributed by atoms with Crippen LogP contribution in [0, 0.1) is 6.92 Å². The highest BCUT2D eigenvalue weighted by atomic mass is 32.2. The van der Waals surface area contributed by atoms with Crippen molar-refractivity contribution in [1.82, 2.24) is 0 Å². The molecular weight excluding hydrogens is 296 g/mol. The molecule has 5 heteroatoms. The Morgan fingerprint density at radius 3 is 2.55 bits per heavy atom. The smallest absolute Gasteiger partial charge is 0.340 e. The molecule has 0 aromatic heterocycles. The molecule has 1 aromatic carbocycles. The molecule has 0 N–H and O–H groups in total. The first-order chi connectivity index (χ1) is 10.7. The van der Waals surface area contributed by atoms with Gasteiger partial charge in [-0.3, -0.25) is 0 Å². The van der Waals surface area contributed by atoms with Crippen LogP contribution in [0.1, 0.15) is 25.8 Å². The van der Waals surface area contributed by atoms with Crippen LogP contribution in [0.3, 0.4) is 0 Å². The molecule has 116 valence electrons. The monoisotopic (exact) mass is 316 g/mol. The van der Waals surface area contributed by atoms with Gasteiger partial charge in [-0.15, -0.1) is 0 Å². The molecule has 1 aliphatic rings. The van der Waals surface area contributed by atoms with Crippen molar-refractivity contribution in [2.45, 2.75) is 32.1 Å². The first-order valence-electron chi connectivity index (χ1n) is 7.34. The van der Waals surface area contributed by atoms with Gasteiger partial charge in [0.1, 0.15) is 12.2 Å². The van der Waals surface area contributed by atoms with Crippen LogP contribution in [0.2, 0.25) is 0 Å². The number of aryl methyl sites for hydroxylation is 1. The van der Waals surface area contributed by atoms with Gasteiger partial charge >= 0.3 is 5.71 Å². The number of allylic oxidation sites excluding steroid dienone is 3. The molecule has 0 radical (unpaired) electrons. The Morgan fingerprint density at radius 2 is 1.91 bits per heavy atom. The zero-order chi connectivity index (χ0) is 15.9. The van der Waals surface area contributed by atoms with Gasteiger partial charge < -0.3 is 15.0 Å². The highest BCUT2D eigenvalue weighted by Crippen LogP contribution is 2.37. The number of rotatable bonds is 6. The van der Waals surface area contributed by atoms with Crippen LogP contribution in [-0.4, -0.2) is 23.7 Å². The summed E-state index contributed by atoms with van der Waals surface area (Å²) in [7, 11) is 0. The number of hydrogen-bond donors (Lipinski definition) is 0. The van der Waals surface area contributed by atoms with Crippen molar-refractivity contribution in [1.29, 1.82) is 0 Å². The fraction of sp³-hybridized carbons (Fsp3) is 0.353. The zero-order valence-corrected chi connectivity index (χ0v) is 13.9. The molecule has 0 fully saturated rings. The summed E-state index contributed by atoms with van der Waals surface area (Å²) in [6.45, 7) is 7.03. The van der Waals surface area contributed by atoms with Gasteiger partial charge in [0, 0.05) is 11.0 Å². The van der Waals surface area contributed by atoms with Crippen LogP contribution < -0.4 is 0 Å². The standard InChI is InChI=1S/C17H20N2O2S/c1-4-20-14-11-17(15(21-5-2)10-13(14)19-18)22-16-9-7-6-8-12(16)3/h6-9,11H,4-5,10H2,1-3H3. The van der Waals surface area contributed by atoms with E-state index in [9.17, 15) is 5.53 Å². The van der Waals surface area contributed by atoms with E-state index >= 15 is 0 Å². The van der Waals surface area contributed by atoms with E-state index in [1.54, 1.807) is 11.8 Å². The first kappa shape index (κ1) is 16.4. The predicted molar refractivity (Wildman–Crippen MR) is 88.6 cm³/mol. The summed E-state index contributed by atoms with van der Waals surface area (Å²) in [5.41, 5.74) is 10.9. The van der Waals surface area contributed by atoms with Crippen LogP contribution in [0.25, 0.3) is 5.53 Å². The fourth-order valence-corrected chi connectivity index (χ4v) is 3.17. The van der Waals surface area contributed by atoms with E-state index in [0.29, 0.717) is 31.1 Å². The van der Waals surface area contributed by atoms with Crippen LogP contribution >= 0.6 is 11.8 Å². The summed E-state index contributed by atoms with van der Waals surface area (Å²) in [5, 5.41) is 0. The quantitative estimate of drug-likeness (QED) is 0.580. The van der Waals surface area contributed by atoms with E-state index in [-0.39, 0.29) is 0 Å². The van der Waals surface area contributed by atoms with Crippen molar-refractivity contribution >= 4 is 17.5 Å². The number of ether oxygens (including phenoxy) is 2. The van der Waals surface area contributed by atoms with Crippen molar-refractivity contribution in [2.75, 3.05) is 13.2 Å². The van der Waals surface area contributed by atoms with E-state index in [2.05, 4.69) is 23.8 Å². The summed E-state index contributed by atoms with van der Waals surface area (Å²) in [4.78, 5) is 5.50. The predicted octanol–water partition coefficient (Wildman–Crippen LogP) is 4.33. The van der Waals surface area contributed by atoms with Gasteiger partial charge in [-0.2, -0.15) is 4.79 Å². The van der Waals surface area contributed by atoms with Crippen molar-refractivity contribution in [3.63, 3.8) is 0 Å². The minimum absolute atomic E-state index is 0.435. The van der Waals surface area contributed by atoms with Gasteiger partial charge in [0.05, 0.1) is 18.1 Å². The second-order valence-corrected chi connectivity index (χ2v) is 5.84. The summed E-state index contributed by atoms with van der Waals surface area (Å²) in [6, 6.07) is 8.21. The van der Waals surface area contributed by atoms with Crippen LogP contribution in [-0.2, 0) is 9.47 Å². The van der Waals surface area contributed by atoms with E-state index in [4.69, 9.17) is 9.47 Å². The summed E-state index contributed by atoms with van der Waals surface area (Å²) in [6.07, 6.45) is 2.33. The van der Waals surface area contributed by atoms with Gasteiger partial charge in [0.2, 0.25) is 5.76 Å². The first-order valence-corrected chi connectivity index (χ1v) is 8.16. The molecule has 0 aliphatic heterocycles. The third-order valence-corrected chi connectivity index (χ3v) is 4.45. The Labute approximate surface area is 135 Å². The molecule has 4 nitrogen and oxygen atoms in total. The molecule has 22 heavy (non-hydrogen) atoms. The third kappa shape index (κ3) is 3.81. The van der Waals surface area contributed by atoms with E-state index in [1.807, 2.05) is 32.1 Å². The topological polar surface area (TPSA) is 54.9 Å². The van der Waals surface area contributed by atoms with Gasteiger partial charge in [0.25, 0.3) is 0 Å². The van der Waals surface area contributed by atoms with Crippen molar-refractivity contribution in [3.8, 4) is 0 Å². The summed E-state index contributed by atoms with van der Waals surface area (Å²) >= 11 is 1.64. The average Bonchev–Trinajstić information content (AvgIpc) is 2.52. The van der Waals surface area contributed by atoms with Gasteiger partial charge in [-0.05, 0) is 32.4 Å². The van der Waals surface area contributed by atoms with Crippen molar-refractivity contribution in [2.24, 2.45) is 0 Å². The van der Waals surface area contributed by atoms with Gasteiger partial charge in [-0.25, -0.2) is 0 Å². The fourth-order valence-electron chi connectivity index (χ4n) is 2.15. The molecule has 0 spiro atoms. The highest BCUT2D eigenvalue weighted by Gasteiger charge is 2.28. The SMILES string of the molecule is CCOC1=CC(Sc2ccccc2C)=C(OCC)CC1=[N+]=[N-]. The van der Waals surface area contributed by atoms with E-state index in [0.717, 1.165) is 10.7 Å². The maximum Gasteiger partial charge on any atom is 0.340 e. The largest absolute Gasteiger partial charge is 0.496 e. The van der Waals surface area contributed by atoms with Crippen LogP contribution in [0.5, 0.6) is 0 Å². The summed E-state index contributed by atoms with van der Waals surface area (Å²) in [5.74, 6) is 1.41. The average molecular weight is 316 g/mol. The van der Waals surface area contributed by atoms with Gasteiger partial charge in [-0.1, -0.05) is 30.0 Å². The lowest BCUT2D eigenvalue weighted by Gasteiger charge is -2.18. The lowest BCUT2D eigenvalue weighted by Crippen LogP contribution is -2.15.